The summed E-state index contributed by atoms with van der Waals surface area (Å²) in [5.41, 5.74) is 9.58. The van der Waals surface area contributed by atoms with Crippen LogP contribution in [0.25, 0.3) is 0 Å². The maximum atomic E-state index is 12.1. The molecule has 1 atom stereocenters. The number of anilines is 2. The van der Waals surface area contributed by atoms with Gasteiger partial charge in [-0.15, -0.1) is 11.8 Å². The van der Waals surface area contributed by atoms with Crippen molar-refractivity contribution in [1.82, 2.24) is 0 Å². The highest BCUT2D eigenvalue weighted by Gasteiger charge is 2.22. The number of aryl methyl sites for hydroxylation is 2. The molecule has 0 aliphatic carbocycles. The van der Waals surface area contributed by atoms with Crippen LogP contribution in [0.3, 0.4) is 0 Å². The fourth-order valence-corrected chi connectivity index (χ4v) is 3.36. The van der Waals surface area contributed by atoms with Crippen LogP contribution in [0.2, 0.25) is 0 Å². The van der Waals surface area contributed by atoms with Crippen LogP contribution in [-0.2, 0) is 4.79 Å². The van der Waals surface area contributed by atoms with Crippen LogP contribution in [-0.4, -0.2) is 16.9 Å². The number of amides is 1. The molecule has 1 saturated heterocycles. The van der Waals surface area contributed by atoms with E-state index in [0.717, 1.165) is 41.1 Å². The Morgan fingerprint density at radius 1 is 1.33 bits per heavy atom. The molecule has 1 aliphatic rings. The summed E-state index contributed by atoms with van der Waals surface area (Å²) in [6.45, 7) is 3.97. The lowest BCUT2D eigenvalue weighted by Gasteiger charge is -2.21. The first-order chi connectivity index (χ1) is 8.58. The van der Waals surface area contributed by atoms with Gasteiger partial charge in [0.1, 0.15) is 0 Å². The molecule has 1 aromatic rings. The van der Waals surface area contributed by atoms with E-state index >= 15 is 0 Å². The summed E-state index contributed by atoms with van der Waals surface area (Å²) in [7, 11) is 0. The summed E-state index contributed by atoms with van der Waals surface area (Å²) in [5.74, 6) is 1.21. The Hall–Kier alpha value is -1.16. The third-order valence-electron chi connectivity index (χ3n) is 3.34. The van der Waals surface area contributed by atoms with Crippen molar-refractivity contribution in [2.75, 3.05) is 16.8 Å². The number of nitrogen functional groups attached to an aromatic ring is 1. The molecule has 1 aromatic carbocycles. The Kier molecular flexibility index (Phi) is 4.17. The number of nitrogens with two attached hydrogens (primary N) is 1. The second-order valence-electron chi connectivity index (χ2n) is 4.87. The van der Waals surface area contributed by atoms with Crippen LogP contribution < -0.4 is 11.1 Å². The van der Waals surface area contributed by atoms with Gasteiger partial charge in [0.2, 0.25) is 5.91 Å². The minimum atomic E-state index is 0.0978. The molecule has 1 aliphatic heterocycles. The quantitative estimate of drug-likeness (QED) is 0.807. The van der Waals surface area contributed by atoms with Gasteiger partial charge in [-0.25, -0.2) is 0 Å². The summed E-state index contributed by atoms with van der Waals surface area (Å²) in [6, 6.07) is 3.87. The Labute approximate surface area is 113 Å². The molecule has 1 heterocycles. The molecule has 1 amide bonds. The molecule has 18 heavy (non-hydrogen) atoms. The average molecular weight is 264 g/mol. The number of rotatable bonds is 2. The number of hydrogen-bond acceptors (Lipinski definition) is 3. The van der Waals surface area contributed by atoms with E-state index in [2.05, 4.69) is 5.32 Å². The fourth-order valence-electron chi connectivity index (χ4n) is 2.16. The summed E-state index contributed by atoms with van der Waals surface area (Å²) < 4.78 is 0. The molecule has 2 rings (SSSR count). The third-order valence-corrected chi connectivity index (χ3v) is 4.72. The molecular formula is C14H20N2OS. The van der Waals surface area contributed by atoms with Crippen LogP contribution in [0.4, 0.5) is 11.4 Å². The third kappa shape index (κ3) is 2.99. The molecule has 1 fully saturated rings. The van der Waals surface area contributed by atoms with Gasteiger partial charge in [-0.05, 0) is 49.6 Å². The van der Waals surface area contributed by atoms with Gasteiger partial charge in [0.15, 0.2) is 0 Å². The summed E-state index contributed by atoms with van der Waals surface area (Å²) in [4.78, 5) is 12.1. The van der Waals surface area contributed by atoms with Crippen molar-refractivity contribution in [2.45, 2.75) is 38.4 Å². The number of benzene rings is 1. The van der Waals surface area contributed by atoms with Crippen molar-refractivity contribution in [1.29, 1.82) is 0 Å². The summed E-state index contributed by atoms with van der Waals surface area (Å²) in [6.07, 6.45) is 3.36. The first kappa shape index (κ1) is 13.3. The maximum Gasteiger partial charge on any atom is 0.237 e. The van der Waals surface area contributed by atoms with Crippen LogP contribution in [0.1, 0.15) is 30.4 Å². The normalized spacial score (nSPS) is 19.6. The zero-order chi connectivity index (χ0) is 13.1. The van der Waals surface area contributed by atoms with Gasteiger partial charge in [0.05, 0.1) is 5.25 Å². The molecule has 4 heteroatoms. The molecule has 0 radical (unpaired) electrons. The van der Waals surface area contributed by atoms with Crippen molar-refractivity contribution in [3.05, 3.63) is 23.3 Å². The minimum absolute atomic E-state index is 0.0978. The lowest BCUT2D eigenvalue weighted by Crippen LogP contribution is -2.27. The van der Waals surface area contributed by atoms with Crippen molar-refractivity contribution in [2.24, 2.45) is 0 Å². The average Bonchev–Trinajstić information content (AvgIpc) is 2.37. The molecule has 3 nitrogen and oxygen atoms in total. The first-order valence-electron chi connectivity index (χ1n) is 6.37. The van der Waals surface area contributed by atoms with E-state index in [4.69, 9.17) is 5.73 Å². The first-order valence-corrected chi connectivity index (χ1v) is 7.42. The van der Waals surface area contributed by atoms with Gasteiger partial charge in [0, 0.05) is 11.4 Å². The van der Waals surface area contributed by atoms with Gasteiger partial charge >= 0.3 is 0 Å². The minimum Gasteiger partial charge on any atom is -0.398 e. The molecule has 98 valence electrons. The van der Waals surface area contributed by atoms with E-state index in [1.807, 2.05) is 26.0 Å². The zero-order valence-corrected chi connectivity index (χ0v) is 11.8. The number of thioether (sulfide) groups is 1. The van der Waals surface area contributed by atoms with E-state index in [1.54, 1.807) is 11.8 Å². The predicted molar refractivity (Wildman–Crippen MR) is 79.1 cm³/mol. The number of nitrogens with one attached hydrogen (secondary N) is 1. The number of carbonyl (C=O) groups is 1. The summed E-state index contributed by atoms with van der Waals surface area (Å²) >= 11 is 1.76. The number of carbonyl (C=O) groups excluding carboxylic acids is 1. The molecule has 0 aromatic heterocycles. The van der Waals surface area contributed by atoms with E-state index in [1.165, 1.54) is 6.42 Å². The van der Waals surface area contributed by atoms with E-state index in [-0.39, 0.29) is 11.2 Å². The Morgan fingerprint density at radius 2 is 2.11 bits per heavy atom. The Bertz CT molecular complexity index is 453. The highest BCUT2D eigenvalue weighted by molar-refractivity contribution is 8.00. The Morgan fingerprint density at radius 3 is 2.78 bits per heavy atom. The maximum absolute atomic E-state index is 12.1. The van der Waals surface area contributed by atoms with Gasteiger partial charge in [-0.1, -0.05) is 12.5 Å². The van der Waals surface area contributed by atoms with Crippen LogP contribution in [0.15, 0.2) is 12.1 Å². The van der Waals surface area contributed by atoms with Gasteiger partial charge in [-0.2, -0.15) is 0 Å². The molecule has 0 saturated carbocycles. The highest BCUT2D eigenvalue weighted by Crippen LogP contribution is 2.28. The van der Waals surface area contributed by atoms with Crippen LogP contribution in [0.5, 0.6) is 0 Å². The van der Waals surface area contributed by atoms with Crippen molar-refractivity contribution in [3.63, 3.8) is 0 Å². The standard InChI is InChI=1S/C14H20N2OS/c1-9-7-10(2)12(8-11(9)15)16-14(17)13-5-3-4-6-18-13/h7-8,13H,3-6,15H2,1-2H3,(H,16,17). The van der Waals surface area contributed by atoms with Crippen LogP contribution >= 0.6 is 11.8 Å². The van der Waals surface area contributed by atoms with Crippen LogP contribution in [0, 0.1) is 13.8 Å². The molecule has 0 bridgehead atoms. The van der Waals surface area contributed by atoms with Crippen molar-refractivity contribution >= 4 is 29.0 Å². The highest BCUT2D eigenvalue weighted by atomic mass is 32.2. The lowest BCUT2D eigenvalue weighted by atomic mass is 10.1. The van der Waals surface area contributed by atoms with Gasteiger partial charge < -0.3 is 11.1 Å². The van der Waals surface area contributed by atoms with Gasteiger partial charge in [-0.3, -0.25) is 4.79 Å². The Balaban J connectivity index is 2.08. The van der Waals surface area contributed by atoms with Crippen molar-refractivity contribution in [3.8, 4) is 0 Å². The topological polar surface area (TPSA) is 55.1 Å². The SMILES string of the molecule is Cc1cc(C)c(NC(=O)C2CCCCS2)cc1N. The second-order valence-corrected chi connectivity index (χ2v) is 6.18. The fraction of sp³-hybridized carbons (Fsp3) is 0.500. The van der Waals surface area contributed by atoms with Gasteiger partial charge in [0.25, 0.3) is 0 Å². The summed E-state index contributed by atoms with van der Waals surface area (Å²) in [5, 5.41) is 3.11. The molecule has 1 unspecified atom stereocenters. The van der Waals surface area contributed by atoms with E-state index < -0.39 is 0 Å². The van der Waals surface area contributed by atoms with E-state index in [9.17, 15) is 4.79 Å². The van der Waals surface area contributed by atoms with Crippen molar-refractivity contribution < 1.29 is 4.79 Å². The molecule has 3 N–H and O–H groups in total. The number of hydrogen-bond donors (Lipinski definition) is 2. The smallest absolute Gasteiger partial charge is 0.237 e. The molecule has 0 spiro atoms. The monoisotopic (exact) mass is 264 g/mol. The second kappa shape index (κ2) is 5.65. The largest absolute Gasteiger partial charge is 0.398 e. The predicted octanol–water partition coefficient (Wildman–Crippen LogP) is 3.11. The molecular weight excluding hydrogens is 244 g/mol. The lowest BCUT2D eigenvalue weighted by molar-refractivity contribution is -0.115. The zero-order valence-electron chi connectivity index (χ0n) is 11.0. The van der Waals surface area contributed by atoms with E-state index in [0.29, 0.717) is 0 Å².